The van der Waals surface area contributed by atoms with Crippen LogP contribution >= 0.6 is 0 Å². The summed E-state index contributed by atoms with van der Waals surface area (Å²) in [5.74, 6) is -2.01. The minimum Gasteiger partial charge on any atom is -0.493 e. The van der Waals surface area contributed by atoms with Gasteiger partial charge in [-0.2, -0.15) is 0 Å². The number of benzene rings is 5. The number of anilines is 3. The van der Waals surface area contributed by atoms with Gasteiger partial charge in [0.1, 0.15) is 24.7 Å². The van der Waals surface area contributed by atoms with Gasteiger partial charge >= 0.3 is 0 Å². The molecule has 0 saturated heterocycles. The third kappa shape index (κ3) is 11.8. The number of ether oxygens (including phenoxy) is 3. The minimum atomic E-state index is -0.861. The van der Waals surface area contributed by atoms with Gasteiger partial charge in [0.15, 0.2) is 28.8 Å². The maximum absolute atomic E-state index is 14.1. The number of allylic oxidation sites excluding steroid dienone is 2. The molecule has 16 heteroatoms. The van der Waals surface area contributed by atoms with Crippen LogP contribution in [-0.4, -0.2) is 78.2 Å². The van der Waals surface area contributed by atoms with Crippen LogP contribution in [0.5, 0.6) is 17.2 Å². The number of amides is 4. The summed E-state index contributed by atoms with van der Waals surface area (Å²) in [4.78, 5) is 113. The molecule has 16 nitrogen and oxygen atoms in total. The van der Waals surface area contributed by atoms with Gasteiger partial charge in [-0.05, 0) is 140 Å². The number of hydrogen-bond donors (Lipinski definition) is 2. The number of ketones is 4. The monoisotopic (exact) mass is 1080 g/mol. The Balaban J connectivity index is 0.798. The number of nitrogens with zero attached hydrogens (tertiary/aromatic N) is 3. The Kier molecular flexibility index (Phi) is 16.1. The van der Waals surface area contributed by atoms with Crippen LogP contribution in [0.4, 0.5) is 22.7 Å². The number of nitrogens with one attached hydrogen (secondary N) is 2. The third-order valence-electron chi connectivity index (χ3n) is 15.5. The number of unbranched alkanes of at least 4 members (excludes halogenated alkanes) is 1. The van der Waals surface area contributed by atoms with Crippen molar-refractivity contribution in [1.29, 1.82) is 0 Å². The Hall–Kier alpha value is -8.79. The summed E-state index contributed by atoms with van der Waals surface area (Å²) in [5.41, 5.74) is 8.62. The van der Waals surface area contributed by atoms with E-state index in [9.17, 15) is 38.4 Å². The number of methoxy groups -OCH3 is 1. The molecule has 0 radical (unpaired) electrons. The van der Waals surface area contributed by atoms with Gasteiger partial charge < -0.3 is 29.7 Å². The largest absolute Gasteiger partial charge is 0.493 e. The summed E-state index contributed by atoms with van der Waals surface area (Å²) in [6.07, 6.45) is 12.0. The van der Waals surface area contributed by atoms with Gasteiger partial charge in [-0.25, -0.2) is 0 Å². The van der Waals surface area contributed by atoms with E-state index in [4.69, 9.17) is 19.2 Å². The first-order chi connectivity index (χ1) is 38.6. The summed E-state index contributed by atoms with van der Waals surface area (Å²) in [6, 6.07) is 27.1. The lowest BCUT2D eigenvalue weighted by Gasteiger charge is -2.22. The number of aliphatic imine (C=N–C) groups is 1. The lowest BCUT2D eigenvalue weighted by molar-refractivity contribution is -0.129. The lowest BCUT2D eigenvalue weighted by atomic mass is 9.96. The predicted molar refractivity (Wildman–Crippen MR) is 303 cm³/mol. The Bertz CT molecular complexity index is 3430. The van der Waals surface area contributed by atoms with Crippen LogP contribution in [-0.2, 0) is 54.8 Å². The van der Waals surface area contributed by atoms with Crippen molar-refractivity contribution >= 4 is 81.8 Å². The molecule has 4 amide bonds. The van der Waals surface area contributed by atoms with E-state index in [-0.39, 0.29) is 91.8 Å². The molecule has 5 aromatic carbocycles. The summed E-state index contributed by atoms with van der Waals surface area (Å²) < 4.78 is 18.7. The SMILES string of the molecule is COc1cc2c(cc1OCc1cc(COc3cc4c(cc3C)C(=O)N3c5ccccc5C[C@H]3C=C4)cc(NC(=O)[C@H](C)CC(=O)[C@H](C)NC(=O)CCCCC(=O)CCCC3C(=O)C=CC3=O)c1)N=C[C@@H]1Cc3ccccc3N1C2=O. The number of fused-ring (bicyclic) bond motifs is 8. The summed E-state index contributed by atoms with van der Waals surface area (Å²) in [7, 11) is 1.50. The highest BCUT2D eigenvalue weighted by molar-refractivity contribution is 6.19. The van der Waals surface area contributed by atoms with Crippen molar-refractivity contribution in [2.75, 3.05) is 22.2 Å². The zero-order valence-corrected chi connectivity index (χ0v) is 45.3. The quantitative estimate of drug-likeness (QED) is 0.0493. The average molecular weight is 1080 g/mol. The van der Waals surface area contributed by atoms with Crippen molar-refractivity contribution < 1.29 is 52.6 Å². The maximum atomic E-state index is 14.1. The molecule has 0 spiro atoms. The molecule has 5 aromatic rings. The van der Waals surface area contributed by atoms with Crippen LogP contribution in [0.1, 0.15) is 119 Å². The second-order valence-electron chi connectivity index (χ2n) is 21.3. The highest BCUT2D eigenvalue weighted by Gasteiger charge is 2.38. The highest BCUT2D eigenvalue weighted by Crippen LogP contribution is 2.42. The number of rotatable bonds is 22. The summed E-state index contributed by atoms with van der Waals surface area (Å²) in [5, 5.41) is 5.71. The number of carbonyl (C=O) groups is 8. The van der Waals surface area contributed by atoms with Crippen LogP contribution in [0.3, 0.4) is 0 Å². The number of Topliss-reactive ketones (excluding diaryl/α,β-unsaturated/α-hetero) is 2. The number of hydrogen-bond acceptors (Lipinski definition) is 12. The van der Waals surface area contributed by atoms with Gasteiger partial charge in [-0.3, -0.25) is 48.2 Å². The van der Waals surface area contributed by atoms with Crippen molar-refractivity contribution in [3.63, 3.8) is 0 Å². The van der Waals surface area contributed by atoms with E-state index < -0.39 is 23.8 Å². The van der Waals surface area contributed by atoms with Crippen LogP contribution in [0.25, 0.3) is 6.08 Å². The normalized spacial score (nSPS) is 17.4. The smallest absolute Gasteiger partial charge is 0.261 e. The zero-order chi connectivity index (χ0) is 56.2. The molecule has 0 bridgehead atoms. The van der Waals surface area contributed by atoms with Gasteiger partial charge in [-0.15, -0.1) is 0 Å². The first-order valence-corrected chi connectivity index (χ1v) is 27.3. The molecule has 5 aliphatic rings. The Morgan fingerprint density at radius 2 is 1.31 bits per heavy atom. The van der Waals surface area contributed by atoms with Gasteiger partial charge in [-0.1, -0.05) is 55.5 Å². The highest BCUT2D eigenvalue weighted by atomic mass is 16.5. The number of para-hydroxylation sites is 2. The summed E-state index contributed by atoms with van der Waals surface area (Å²) >= 11 is 0. The molecular weight excluding hydrogens is 1010 g/mol. The van der Waals surface area contributed by atoms with Gasteiger partial charge in [0.05, 0.1) is 42.4 Å². The Morgan fingerprint density at radius 1 is 0.688 bits per heavy atom. The molecule has 4 heterocycles. The molecule has 410 valence electrons. The van der Waals surface area contributed by atoms with Gasteiger partial charge in [0.2, 0.25) is 11.8 Å². The lowest BCUT2D eigenvalue weighted by Crippen LogP contribution is -2.39. The van der Waals surface area contributed by atoms with Crippen molar-refractivity contribution in [2.45, 2.75) is 116 Å². The molecule has 0 fully saturated rings. The Labute approximate surface area is 464 Å². The van der Waals surface area contributed by atoms with Crippen molar-refractivity contribution in [3.05, 3.63) is 154 Å². The van der Waals surface area contributed by atoms with Crippen LogP contribution in [0, 0.1) is 18.8 Å². The van der Waals surface area contributed by atoms with E-state index in [1.165, 1.54) is 19.3 Å². The molecule has 2 N–H and O–H groups in total. The van der Waals surface area contributed by atoms with Crippen LogP contribution in [0.15, 0.2) is 114 Å². The van der Waals surface area contributed by atoms with Crippen LogP contribution < -0.4 is 34.6 Å². The molecule has 4 atom stereocenters. The zero-order valence-electron chi connectivity index (χ0n) is 45.3. The molecular formula is C64H63N5O11. The molecule has 80 heavy (non-hydrogen) atoms. The third-order valence-corrected chi connectivity index (χ3v) is 15.5. The van der Waals surface area contributed by atoms with E-state index in [0.29, 0.717) is 83.0 Å². The molecule has 0 saturated carbocycles. The van der Waals surface area contributed by atoms with Crippen molar-refractivity contribution in [2.24, 2.45) is 16.8 Å². The van der Waals surface area contributed by atoms with Gasteiger partial charge in [0, 0.05) is 72.9 Å². The number of carbonyl (C=O) groups excluding carboxylic acids is 8. The fourth-order valence-electron chi connectivity index (χ4n) is 11.2. The first-order valence-electron chi connectivity index (χ1n) is 27.3. The van der Waals surface area contributed by atoms with Gasteiger partial charge in [0.25, 0.3) is 11.8 Å². The molecule has 4 aliphatic heterocycles. The number of aryl methyl sites for hydroxylation is 1. The molecule has 0 aromatic heterocycles. The first kappa shape index (κ1) is 54.6. The topological polar surface area (TPSA) is 207 Å². The average Bonchev–Trinajstić information content (AvgIpc) is 4.18. The Morgan fingerprint density at radius 3 is 2.01 bits per heavy atom. The van der Waals surface area contributed by atoms with E-state index in [2.05, 4.69) is 22.8 Å². The van der Waals surface area contributed by atoms with E-state index in [1.54, 1.807) is 49.2 Å². The van der Waals surface area contributed by atoms with E-state index >= 15 is 0 Å². The predicted octanol–water partition coefficient (Wildman–Crippen LogP) is 9.71. The van der Waals surface area contributed by atoms with Crippen molar-refractivity contribution in [3.8, 4) is 17.2 Å². The van der Waals surface area contributed by atoms with Crippen molar-refractivity contribution in [1.82, 2.24) is 5.32 Å². The molecule has 10 rings (SSSR count). The maximum Gasteiger partial charge on any atom is 0.261 e. The standard InChI is InChI=1S/C64H63N5O11/c1-37-24-50-42(20-21-46-29-43-12-5-8-17-53(43)68(46)63(50)76)31-58(37)79-35-40-26-41(36-80-60-33-52-51(32-59(60)78-4)64(77)69-47(34-65-52)30-44-13-6-9-18-54(44)69)28-45(27-40)67-62(75)38(2)25-57(73)39(3)66-61(74)19-10-7-14-48(70)15-11-16-49-55(71)22-23-56(49)72/h5-6,8-9,12-13,17-18,20-24,26-28,31-34,38-39,46-47,49H,7,10-11,14-16,19,25,29-30,35-36H2,1-4H3,(H,66,74)(H,67,75)/t38-,39+,46-,47+/m1/s1. The summed E-state index contributed by atoms with van der Waals surface area (Å²) in [6.45, 7) is 5.19. The molecule has 1 aliphatic carbocycles. The van der Waals surface area contributed by atoms with E-state index in [0.717, 1.165) is 40.0 Å². The fourth-order valence-corrected chi connectivity index (χ4v) is 11.2. The van der Waals surface area contributed by atoms with Crippen LogP contribution in [0.2, 0.25) is 0 Å². The van der Waals surface area contributed by atoms with E-state index in [1.807, 2.05) is 78.6 Å². The second kappa shape index (κ2) is 23.7. The fraction of sp³-hybridized carbons (Fsp3) is 0.328. The second-order valence-corrected chi connectivity index (χ2v) is 21.3. The minimum absolute atomic E-state index is 0.00136. The molecule has 0 unspecified atom stereocenters.